The van der Waals surface area contributed by atoms with Gasteiger partial charge in [0.05, 0.1) is 23.1 Å². The van der Waals surface area contributed by atoms with Gasteiger partial charge in [-0.25, -0.2) is 18.6 Å². The molecule has 4 rings (SSSR count). The minimum Gasteiger partial charge on any atom is -0.355 e. The third-order valence-corrected chi connectivity index (χ3v) is 5.76. The van der Waals surface area contributed by atoms with Gasteiger partial charge in [-0.15, -0.1) is 0 Å². The van der Waals surface area contributed by atoms with Gasteiger partial charge in [0, 0.05) is 38.8 Å². The van der Waals surface area contributed by atoms with E-state index in [0.717, 1.165) is 37.7 Å². The zero-order valence-corrected chi connectivity index (χ0v) is 19.2. The van der Waals surface area contributed by atoms with Crippen molar-refractivity contribution in [1.29, 1.82) is 0 Å². The van der Waals surface area contributed by atoms with E-state index in [9.17, 15) is 26.7 Å². The number of rotatable bonds is 5. The number of benzene rings is 2. The van der Waals surface area contributed by atoms with Crippen LogP contribution in [0, 0.1) is 11.6 Å². The van der Waals surface area contributed by atoms with Crippen LogP contribution in [0.3, 0.4) is 0 Å². The zero-order valence-electron chi connectivity index (χ0n) is 19.2. The summed E-state index contributed by atoms with van der Waals surface area (Å²) in [6.07, 6.45) is -2.08. The maximum absolute atomic E-state index is 13.7. The summed E-state index contributed by atoms with van der Waals surface area (Å²) in [7, 11) is 0. The van der Waals surface area contributed by atoms with Crippen LogP contribution in [0.1, 0.15) is 17.5 Å². The quantitative estimate of drug-likeness (QED) is 0.435. The highest BCUT2D eigenvalue weighted by atomic mass is 19.4. The van der Waals surface area contributed by atoms with Crippen LogP contribution in [0.5, 0.6) is 0 Å². The lowest BCUT2D eigenvalue weighted by Crippen LogP contribution is -2.31. The van der Waals surface area contributed by atoms with Crippen LogP contribution in [0.15, 0.2) is 60.8 Å². The van der Waals surface area contributed by atoms with Crippen LogP contribution in [-0.2, 0) is 12.7 Å². The molecule has 1 aliphatic heterocycles. The third-order valence-electron chi connectivity index (χ3n) is 5.76. The van der Waals surface area contributed by atoms with Crippen molar-refractivity contribution >= 4 is 23.2 Å². The van der Waals surface area contributed by atoms with Crippen LogP contribution in [0.2, 0.25) is 0 Å². The molecule has 0 unspecified atom stereocenters. The first-order chi connectivity index (χ1) is 17.2. The van der Waals surface area contributed by atoms with Crippen LogP contribution < -0.4 is 15.5 Å². The van der Waals surface area contributed by atoms with E-state index in [2.05, 4.69) is 25.4 Å². The number of aromatic nitrogens is 1. The average molecular weight is 505 g/mol. The molecule has 0 radical (unpaired) electrons. The molecular weight excluding hydrogens is 481 g/mol. The summed E-state index contributed by atoms with van der Waals surface area (Å²) in [5.74, 6) is -0.932. The molecule has 0 aliphatic carbocycles. The van der Waals surface area contributed by atoms with Gasteiger partial charge < -0.3 is 15.5 Å². The Kier molecular flexibility index (Phi) is 7.68. The van der Waals surface area contributed by atoms with Gasteiger partial charge in [0.25, 0.3) is 0 Å². The third kappa shape index (κ3) is 6.69. The molecule has 2 aromatic carbocycles. The van der Waals surface area contributed by atoms with E-state index in [0.29, 0.717) is 42.8 Å². The van der Waals surface area contributed by atoms with Gasteiger partial charge in [0.15, 0.2) is 0 Å². The van der Waals surface area contributed by atoms with E-state index < -0.39 is 29.4 Å². The smallest absolute Gasteiger partial charge is 0.355 e. The minimum absolute atomic E-state index is 0.155. The largest absolute Gasteiger partial charge is 0.416 e. The van der Waals surface area contributed by atoms with Crippen molar-refractivity contribution in [2.75, 3.05) is 41.7 Å². The first kappa shape index (κ1) is 25.4. The molecule has 1 fully saturated rings. The number of nitrogens with zero attached hydrogens (tertiary/aromatic N) is 3. The zero-order chi connectivity index (χ0) is 25.7. The van der Waals surface area contributed by atoms with Gasteiger partial charge in [-0.1, -0.05) is 18.2 Å². The van der Waals surface area contributed by atoms with Gasteiger partial charge in [0.1, 0.15) is 17.5 Å². The molecule has 1 saturated heterocycles. The summed E-state index contributed by atoms with van der Waals surface area (Å²) in [4.78, 5) is 20.7. The Bertz CT molecular complexity index is 1200. The number of anilines is 3. The molecule has 2 N–H and O–H groups in total. The van der Waals surface area contributed by atoms with Crippen molar-refractivity contribution in [3.63, 3.8) is 0 Å². The van der Waals surface area contributed by atoms with E-state index >= 15 is 0 Å². The number of halogens is 5. The number of hydrogen-bond donors (Lipinski definition) is 2. The highest BCUT2D eigenvalue weighted by molar-refractivity contribution is 5.99. The Hall–Kier alpha value is -3.73. The van der Waals surface area contributed by atoms with Gasteiger partial charge in [-0.3, -0.25) is 4.90 Å². The summed E-state index contributed by atoms with van der Waals surface area (Å²) < 4.78 is 65.7. The normalized spacial score (nSPS) is 14.9. The van der Waals surface area contributed by atoms with Crippen molar-refractivity contribution in [2.45, 2.75) is 19.1 Å². The van der Waals surface area contributed by atoms with Crippen LogP contribution in [0.4, 0.5) is 43.9 Å². The van der Waals surface area contributed by atoms with Gasteiger partial charge in [-0.2, -0.15) is 13.2 Å². The maximum atomic E-state index is 13.7. The Morgan fingerprint density at radius 3 is 2.50 bits per heavy atom. The van der Waals surface area contributed by atoms with Crippen molar-refractivity contribution in [3.05, 3.63) is 83.6 Å². The fourth-order valence-electron chi connectivity index (χ4n) is 3.98. The Labute approximate surface area is 204 Å². The van der Waals surface area contributed by atoms with Gasteiger partial charge in [0.2, 0.25) is 0 Å². The monoisotopic (exact) mass is 505 g/mol. The van der Waals surface area contributed by atoms with Crippen molar-refractivity contribution in [2.24, 2.45) is 0 Å². The molecule has 0 spiro atoms. The lowest BCUT2D eigenvalue weighted by atomic mass is 10.1. The van der Waals surface area contributed by atoms with Crippen molar-refractivity contribution in [3.8, 4) is 0 Å². The molecule has 3 aromatic rings. The molecule has 1 aliphatic rings. The first-order valence-corrected chi connectivity index (χ1v) is 11.3. The van der Waals surface area contributed by atoms with Crippen LogP contribution in [0.25, 0.3) is 0 Å². The number of amides is 2. The number of pyridine rings is 1. The van der Waals surface area contributed by atoms with E-state index in [1.165, 1.54) is 18.3 Å². The van der Waals surface area contributed by atoms with Gasteiger partial charge in [-0.05, 0) is 42.3 Å². The van der Waals surface area contributed by atoms with Crippen molar-refractivity contribution < 1.29 is 26.7 Å². The van der Waals surface area contributed by atoms with Crippen LogP contribution in [-0.4, -0.2) is 42.1 Å². The summed E-state index contributed by atoms with van der Waals surface area (Å²) in [5, 5.41) is 4.86. The Morgan fingerprint density at radius 2 is 1.78 bits per heavy atom. The summed E-state index contributed by atoms with van der Waals surface area (Å²) >= 11 is 0. The molecule has 2 heterocycles. The average Bonchev–Trinajstić information content (AvgIpc) is 3.07. The van der Waals surface area contributed by atoms with Crippen LogP contribution >= 0.6 is 0 Å². The van der Waals surface area contributed by atoms with E-state index in [4.69, 9.17) is 0 Å². The second-order valence-electron chi connectivity index (χ2n) is 8.42. The number of alkyl halides is 3. The molecule has 11 heteroatoms. The standard InChI is InChI=1S/C25H24F5N5O/c26-19-5-7-22(21(27)14-19)33-24(36)32-20-6-8-23(31-15-20)35-10-2-9-34(11-12-35)16-17-3-1-4-18(13-17)25(28,29)30/h1,3-8,13-15H,2,9-12,16H2,(H2,32,33,36). The molecule has 190 valence electrons. The summed E-state index contributed by atoms with van der Waals surface area (Å²) in [6.45, 7) is 3.19. The fraction of sp³-hybridized carbons (Fsp3) is 0.280. The maximum Gasteiger partial charge on any atom is 0.416 e. The second kappa shape index (κ2) is 10.9. The number of hydrogen-bond acceptors (Lipinski definition) is 4. The summed E-state index contributed by atoms with van der Waals surface area (Å²) in [5.41, 5.74) is 0.203. The predicted molar refractivity (Wildman–Crippen MR) is 127 cm³/mol. The molecule has 0 atom stereocenters. The molecular formula is C25H24F5N5O. The minimum atomic E-state index is -4.36. The SMILES string of the molecule is O=C(Nc1ccc(N2CCCN(Cc3cccc(C(F)(F)F)c3)CC2)nc1)Nc1ccc(F)cc1F. The van der Waals surface area contributed by atoms with E-state index in [1.54, 1.807) is 18.2 Å². The van der Waals surface area contributed by atoms with E-state index in [1.807, 2.05) is 0 Å². The predicted octanol–water partition coefficient (Wildman–Crippen LogP) is 5.73. The number of nitrogens with one attached hydrogen (secondary N) is 2. The van der Waals surface area contributed by atoms with E-state index in [-0.39, 0.29) is 5.69 Å². The molecule has 6 nitrogen and oxygen atoms in total. The van der Waals surface area contributed by atoms with Gasteiger partial charge >= 0.3 is 12.2 Å². The Balaban J connectivity index is 1.31. The number of carbonyl (C=O) groups is 1. The molecule has 36 heavy (non-hydrogen) atoms. The first-order valence-electron chi connectivity index (χ1n) is 11.3. The molecule has 1 aromatic heterocycles. The topological polar surface area (TPSA) is 60.5 Å². The lowest BCUT2D eigenvalue weighted by Gasteiger charge is -2.23. The molecule has 2 amide bonds. The highest BCUT2D eigenvalue weighted by Crippen LogP contribution is 2.30. The second-order valence-corrected chi connectivity index (χ2v) is 8.42. The number of carbonyl (C=O) groups excluding carboxylic acids is 1. The Morgan fingerprint density at radius 1 is 0.944 bits per heavy atom. The lowest BCUT2D eigenvalue weighted by molar-refractivity contribution is -0.137. The highest BCUT2D eigenvalue weighted by Gasteiger charge is 2.30. The number of urea groups is 1. The van der Waals surface area contributed by atoms with Crippen molar-refractivity contribution in [1.82, 2.24) is 9.88 Å². The molecule has 0 bridgehead atoms. The molecule has 0 saturated carbocycles. The summed E-state index contributed by atoms with van der Waals surface area (Å²) in [6, 6.07) is 10.9. The fourth-order valence-corrected chi connectivity index (χ4v) is 3.98.